The van der Waals surface area contributed by atoms with Crippen LogP contribution in [-0.2, 0) is 16.0 Å². The molecule has 6 nitrogen and oxygen atoms in total. The van der Waals surface area contributed by atoms with Crippen molar-refractivity contribution in [3.8, 4) is 0 Å². The summed E-state index contributed by atoms with van der Waals surface area (Å²) in [6.07, 6.45) is 3.62. The standard InChI is InChI=1S/C17H20O6/c1-3-15(18)23-10-6-4-5-7-12-11(2)13(16(19)20)8-9-14(12)17(21)22/h3,8-9H,1,4-7,10H2,2H3,(H,19,20)(H,21,22). The van der Waals surface area contributed by atoms with Crippen LogP contribution in [0.2, 0.25) is 0 Å². The van der Waals surface area contributed by atoms with Gasteiger partial charge in [0.25, 0.3) is 0 Å². The molecule has 0 spiro atoms. The maximum absolute atomic E-state index is 11.3. The second-order valence-electron chi connectivity index (χ2n) is 5.06. The molecule has 0 saturated heterocycles. The van der Waals surface area contributed by atoms with Crippen molar-refractivity contribution in [1.82, 2.24) is 0 Å². The van der Waals surface area contributed by atoms with E-state index >= 15 is 0 Å². The average molecular weight is 320 g/mol. The molecule has 1 aromatic rings. The molecule has 0 bridgehead atoms. The van der Waals surface area contributed by atoms with E-state index in [-0.39, 0.29) is 17.7 Å². The molecule has 2 N–H and O–H groups in total. The zero-order chi connectivity index (χ0) is 17.4. The third kappa shape index (κ3) is 5.25. The molecule has 0 aromatic heterocycles. The summed E-state index contributed by atoms with van der Waals surface area (Å²) in [6.45, 7) is 5.20. The van der Waals surface area contributed by atoms with E-state index in [1.807, 2.05) is 0 Å². The Morgan fingerprint density at radius 2 is 1.70 bits per heavy atom. The zero-order valence-electron chi connectivity index (χ0n) is 13.0. The number of unbranched alkanes of at least 4 members (excludes halogenated alkanes) is 2. The summed E-state index contributed by atoms with van der Waals surface area (Å²) >= 11 is 0. The zero-order valence-corrected chi connectivity index (χ0v) is 13.0. The lowest BCUT2D eigenvalue weighted by molar-refractivity contribution is -0.137. The number of carboxylic acid groups (broad SMARTS) is 2. The molecule has 0 radical (unpaired) electrons. The minimum atomic E-state index is -1.07. The first kappa shape index (κ1) is 18.4. The summed E-state index contributed by atoms with van der Waals surface area (Å²) in [5.74, 6) is -2.61. The average Bonchev–Trinajstić information content (AvgIpc) is 2.50. The Labute approximate surface area is 134 Å². The Bertz CT molecular complexity index is 618. The molecule has 23 heavy (non-hydrogen) atoms. The third-order valence-electron chi connectivity index (χ3n) is 3.54. The number of benzene rings is 1. The predicted molar refractivity (Wildman–Crippen MR) is 83.8 cm³/mol. The largest absolute Gasteiger partial charge is 0.478 e. The molecule has 0 saturated carbocycles. The van der Waals surface area contributed by atoms with Crippen LogP contribution in [-0.4, -0.2) is 34.7 Å². The van der Waals surface area contributed by atoms with E-state index in [9.17, 15) is 19.5 Å². The Kier molecular flexibility index (Phi) is 6.99. The summed E-state index contributed by atoms with van der Waals surface area (Å²) in [5.41, 5.74) is 1.27. The van der Waals surface area contributed by atoms with Gasteiger partial charge in [-0.2, -0.15) is 0 Å². The SMILES string of the molecule is C=CC(=O)OCCCCCc1c(C(=O)O)ccc(C(=O)O)c1C. The maximum atomic E-state index is 11.3. The number of hydrogen-bond donors (Lipinski definition) is 2. The van der Waals surface area contributed by atoms with E-state index in [2.05, 4.69) is 6.58 Å². The Morgan fingerprint density at radius 1 is 1.09 bits per heavy atom. The van der Waals surface area contributed by atoms with Gasteiger partial charge in [-0.1, -0.05) is 6.58 Å². The van der Waals surface area contributed by atoms with Crippen molar-refractivity contribution in [1.29, 1.82) is 0 Å². The minimum absolute atomic E-state index is 0.116. The summed E-state index contributed by atoms with van der Waals surface area (Å²) in [7, 11) is 0. The monoisotopic (exact) mass is 320 g/mol. The van der Waals surface area contributed by atoms with Gasteiger partial charge in [0.15, 0.2) is 0 Å². The number of carbonyl (C=O) groups excluding carboxylic acids is 1. The second kappa shape index (κ2) is 8.73. The van der Waals surface area contributed by atoms with Gasteiger partial charge in [0, 0.05) is 6.08 Å². The summed E-state index contributed by atoms with van der Waals surface area (Å²) in [4.78, 5) is 33.3. The van der Waals surface area contributed by atoms with Gasteiger partial charge in [-0.25, -0.2) is 14.4 Å². The van der Waals surface area contributed by atoms with Crippen LogP contribution in [0.1, 0.15) is 51.1 Å². The van der Waals surface area contributed by atoms with Gasteiger partial charge >= 0.3 is 17.9 Å². The fourth-order valence-electron chi connectivity index (χ4n) is 2.32. The smallest absolute Gasteiger partial charge is 0.335 e. The van der Waals surface area contributed by atoms with E-state index in [0.717, 1.165) is 12.5 Å². The highest BCUT2D eigenvalue weighted by Gasteiger charge is 2.17. The van der Waals surface area contributed by atoms with Gasteiger partial charge in [-0.3, -0.25) is 0 Å². The van der Waals surface area contributed by atoms with E-state index in [4.69, 9.17) is 9.84 Å². The van der Waals surface area contributed by atoms with Crippen molar-refractivity contribution in [2.75, 3.05) is 6.61 Å². The van der Waals surface area contributed by atoms with Crippen LogP contribution in [0, 0.1) is 6.92 Å². The van der Waals surface area contributed by atoms with E-state index in [1.165, 1.54) is 12.1 Å². The molecule has 0 fully saturated rings. The Morgan fingerprint density at radius 3 is 2.26 bits per heavy atom. The highest BCUT2D eigenvalue weighted by molar-refractivity contribution is 5.94. The van der Waals surface area contributed by atoms with Gasteiger partial charge in [0.05, 0.1) is 17.7 Å². The topological polar surface area (TPSA) is 101 Å². The number of hydrogen-bond acceptors (Lipinski definition) is 4. The number of esters is 1. The Hall–Kier alpha value is -2.63. The molecule has 0 amide bonds. The van der Waals surface area contributed by atoms with Gasteiger partial charge < -0.3 is 14.9 Å². The van der Waals surface area contributed by atoms with E-state index in [1.54, 1.807) is 6.92 Å². The molecular weight excluding hydrogens is 300 g/mol. The van der Waals surface area contributed by atoms with Crippen molar-refractivity contribution in [3.05, 3.63) is 47.0 Å². The third-order valence-corrected chi connectivity index (χ3v) is 3.54. The molecule has 0 atom stereocenters. The van der Waals surface area contributed by atoms with Gasteiger partial charge in [0.2, 0.25) is 0 Å². The van der Waals surface area contributed by atoms with E-state index in [0.29, 0.717) is 30.4 Å². The van der Waals surface area contributed by atoms with E-state index < -0.39 is 17.9 Å². The van der Waals surface area contributed by atoms with Crippen molar-refractivity contribution in [2.45, 2.75) is 32.6 Å². The number of ether oxygens (including phenoxy) is 1. The van der Waals surface area contributed by atoms with Crippen LogP contribution in [0.3, 0.4) is 0 Å². The first-order chi connectivity index (χ1) is 10.9. The summed E-state index contributed by atoms with van der Waals surface area (Å²) in [5, 5.41) is 18.4. The van der Waals surface area contributed by atoms with Crippen molar-refractivity contribution in [2.24, 2.45) is 0 Å². The van der Waals surface area contributed by atoms with Crippen LogP contribution >= 0.6 is 0 Å². The van der Waals surface area contributed by atoms with Crippen LogP contribution < -0.4 is 0 Å². The number of aromatic carboxylic acids is 2. The highest BCUT2D eigenvalue weighted by Crippen LogP contribution is 2.21. The predicted octanol–water partition coefficient (Wildman–Crippen LogP) is 2.83. The van der Waals surface area contributed by atoms with Crippen molar-refractivity contribution < 1.29 is 29.3 Å². The maximum Gasteiger partial charge on any atom is 0.335 e. The number of carbonyl (C=O) groups is 3. The molecular formula is C17H20O6. The lowest BCUT2D eigenvalue weighted by atomic mass is 9.93. The first-order valence-electron chi connectivity index (χ1n) is 7.26. The molecule has 0 aliphatic rings. The summed E-state index contributed by atoms with van der Waals surface area (Å²) < 4.78 is 4.85. The normalized spacial score (nSPS) is 10.1. The van der Waals surface area contributed by atoms with Crippen molar-refractivity contribution >= 4 is 17.9 Å². The van der Waals surface area contributed by atoms with Gasteiger partial charge in [0.1, 0.15) is 0 Å². The quantitative estimate of drug-likeness (QED) is 0.412. The first-order valence-corrected chi connectivity index (χ1v) is 7.26. The molecule has 124 valence electrons. The summed E-state index contributed by atoms with van der Waals surface area (Å²) in [6, 6.07) is 2.65. The molecule has 0 unspecified atom stereocenters. The molecule has 0 heterocycles. The van der Waals surface area contributed by atoms with Crippen LogP contribution in [0.4, 0.5) is 0 Å². The Balaban J connectivity index is 2.69. The molecule has 1 aromatic carbocycles. The van der Waals surface area contributed by atoms with Crippen LogP contribution in [0.5, 0.6) is 0 Å². The molecule has 6 heteroatoms. The van der Waals surface area contributed by atoms with Gasteiger partial charge in [-0.15, -0.1) is 0 Å². The second-order valence-corrected chi connectivity index (χ2v) is 5.06. The minimum Gasteiger partial charge on any atom is -0.478 e. The number of rotatable bonds is 9. The van der Waals surface area contributed by atoms with Gasteiger partial charge in [-0.05, 0) is 55.9 Å². The molecule has 0 aliphatic heterocycles. The van der Waals surface area contributed by atoms with Crippen molar-refractivity contribution in [3.63, 3.8) is 0 Å². The highest BCUT2D eigenvalue weighted by atomic mass is 16.5. The fraction of sp³-hybridized carbons (Fsp3) is 0.353. The molecule has 0 aliphatic carbocycles. The fourth-order valence-corrected chi connectivity index (χ4v) is 2.32. The molecule has 1 rings (SSSR count). The lowest BCUT2D eigenvalue weighted by Crippen LogP contribution is -2.10. The van der Waals surface area contributed by atoms with Crippen LogP contribution in [0.15, 0.2) is 24.8 Å². The van der Waals surface area contributed by atoms with Crippen LogP contribution in [0.25, 0.3) is 0 Å². The number of carboxylic acids is 2. The lowest BCUT2D eigenvalue weighted by Gasteiger charge is -2.12.